The minimum absolute atomic E-state index is 0. The number of hydrogen-bond donors (Lipinski definition) is 1. The summed E-state index contributed by atoms with van der Waals surface area (Å²) in [6.07, 6.45) is 0. The number of para-hydroxylation sites is 2. The number of amides is 1. The molecule has 0 saturated carbocycles. The van der Waals surface area contributed by atoms with E-state index in [1.165, 1.54) is 0 Å². The molecule has 0 aliphatic carbocycles. The summed E-state index contributed by atoms with van der Waals surface area (Å²) in [7, 11) is 1.59. The molecule has 6 heteroatoms. The smallest absolute Gasteiger partial charge is 0.266 e. The highest BCUT2D eigenvalue weighted by Gasteiger charge is 2.35. The van der Waals surface area contributed by atoms with Gasteiger partial charge < -0.3 is 19.7 Å². The first-order chi connectivity index (χ1) is 9.54. The van der Waals surface area contributed by atoms with Gasteiger partial charge in [0.25, 0.3) is 5.91 Å². The number of halogens is 1. The molecule has 1 aromatic rings. The first kappa shape index (κ1) is 17.6. The minimum atomic E-state index is -0.911. The molecule has 0 aromatic heterocycles. The molecule has 1 N–H and O–H groups in total. The Morgan fingerprint density at radius 1 is 1.19 bits per heavy atom. The summed E-state index contributed by atoms with van der Waals surface area (Å²) in [6.45, 7) is 6.69. The van der Waals surface area contributed by atoms with Crippen LogP contribution in [0.3, 0.4) is 0 Å². The van der Waals surface area contributed by atoms with Gasteiger partial charge in [-0.2, -0.15) is 0 Å². The number of carbonyl (C=O) groups excluding carboxylic acids is 1. The highest BCUT2D eigenvalue weighted by atomic mass is 35.5. The Morgan fingerprint density at radius 3 is 2.33 bits per heavy atom. The van der Waals surface area contributed by atoms with Crippen molar-refractivity contribution in [1.29, 1.82) is 0 Å². The average molecular weight is 315 g/mol. The molecule has 0 atom stereocenters. The van der Waals surface area contributed by atoms with E-state index >= 15 is 0 Å². The third-order valence-electron chi connectivity index (χ3n) is 3.35. The maximum Gasteiger partial charge on any atom is 0.266 e. The van der Waals surface area contributed by atoms with Crippen LogP contribution in [0.4, 0.5) is 0 Å². The first-order valence-electron chi connectivity index (χ1n) is 6.87. The molecule has 1 saturated heterocycles. The van der Waals surface area contributed by atoms with Crippen LogP contribution in [-0.2, 0) is 4.79 Å². The molecule has 2 rings (SSSR count). The van der Waals surface area contributed by atoms with Gasteiger partial charge in [-0.05, 0) is 26.0 Å². The fourth-order valence-corrected chi connectivity index (χ4v) is 2.27. The Hall–Kier alpha value is -1.46. The zero-order chi connectivity index (χ0) is 14.6. The summed E-state index contributed by atoms with van der Waals surface area (Å²) < 4.78 is 11.2. The number of rotatable bonds is 4. The van der Waals surface area contributed by atoms with Crippen molar-refractivity contribution >= 4 is 18.3 Å². The number of nitrogens with one attached hydrogen (secondary N) is 1. The Labute approximate surface area is 132 Å². The van der Waals surface area contributed by atoms with E-state index in [9.17, 15) is 4.79 Å². The van der Waals surface area contributed by atoms with Gasteiger partial charge in [0, 0.05) is 26.2 Å². The SMILES string of the molecule is COc1ccccc1OC(C)(C)C(=O)N1CCNCC1.Cl. The van der Waals surface area contributed by atoms with Gasteiger partial charge in [-0.25, -0.2) is 0 Å². The average Bonchev–Trinajstić information content (AvgIpc) is 2.47. The molecule has 1 aliphatic rings. The van der Waals surface area contributed by atoms with Crippen LogP contribution in [0.25, 0.3) is 0 Å². The lowest BCUT2D eigenvalue weighted by Crippen LogP contribution is -2.54. The van der Waals surface area contributed by atoms with Crippen molar-refractivity contribution in [3.8, 4) is 11.5 Å². The second kappa shape index (κ2) is 7.52. The Morgan fingerprint density at radius 2 is 1.76 bits per heavy atom. The lowest BCUT2D eigenvalue weighted by atomic mass is 10.1. The van der Waals surface area contributed by atoms with Crippen LogP contribution in [-0.4, -0.2) is 49.7 Å². The van der Waals surface area contributed by atoms with Gasteiger partial charge in [0.1, 0.15) is 0 Å². The van der Waals surface area contributed by atoms with Crippen LogP contribution in [0.1, 0.15) is 13.8 Å². The quantitative estimate of drug-likeness (QED) is 0.919. The van der Waals surface area contributed by atoms with Gasteiger partial charge in [0.15, 0.2) is 17.1 Å². The van der Waals surface area contributed by atoms with Crippen molar-refractivity contribution in [2.75, 3.05) is 33.3 Å². The van der Waals surface area contributed by atoms with Gasteiger partial charge >= 0.3 is 0 Å². The largest absolute Gasteiger partial charge is 0.493 e. The number of benzene rings is 1. The molecule has 1 aliphatic heterocycles. The Bertz CT molecular complexity index is 474. The van der Waals surface area contributed by atoms with Gasteiger partial charge in [-0.1, -0.05) is 12.1 Å². The Balaban J connectivity index is 0.00000220. The predicted octanol–water partition coefficient (Wildman–Crippen LogP) is 1.71. The van der Waals surface area contributed by atoms with Crippen molar-refractivity contribution in [1.82, 2.24) is 10.2 Å². The standard InChI is InChI=1S/C15H22N2O3.ClH/c1-15(2,14(18)17-10-8-16-9-11-17)20-13-7-5-4-6-12(13)19-3;/h4-7,16H,8-11H2,1-3H3;1H. The normalized spacial score (nSPS) is 15.1. The van der Waals surface area contributed by atoms with E-state index in [0.717, 1.165) is 26.2 Å². The van der Waals surface area contributed by atoms with E-state index in [-0.39, 0.29) is 18.3 Å². The van der Waals surface area contributed by atoms with Crippen LogP contribution in [0.2, 0.25) is 0 Å². The molecular weight excluding hydrogens is 292 g/mol. The maximum absolute atomic E-state index is 12.6. The molecule has 1 heterocycles. The first-order valence-corrected chi connectivity index (χ1v) is 6.87. The number of methoxy groups -OCH3 is 1. The zero-order valence-electron chi connectivity index (χ0n) is 12.7. The van der Waals surface area contributed by atoms with Crippen molar-refractivity contribution < 1.29 is 14.3 Å². The third-order valence-corrected chi connectivity index (χ3v) is 3.35. The third kappa shape index (κ3) is 4.25. The van der Waals surface area contributed by atoms with Gasteiger partial charge in [0.2, 0.25) is 0 Å². The summed E-state index contributed by atoms with van der Waals surface area (Å²) in [4.78, 5) is 14.4. The van der Waals surface area contributed by atoms with E-state index in [1.54, 1.807) is 21.0 Å². The van der Waals surface area contributed by atoms with Gasteiger partial charge in [-0.15, -0.1) is 12.4 Å². The molecule has 1 fully saturated rings. The number of ether oxygens (including phenoxy) is 2. The predicted molar refractivity (Wildman–Crippen MR) is 84.4 cm³/mol. The summed E-state index contributed by atoms with van der Waals surface area (Å²) in [6, 6.07) is 7.37. The van der Waals surface area contributed by atoms with Crippen LogP contribution in [0.5, 0.6) is 11.5 Å². The second-order valence-electron chi connectivity index (χ2n) is 5.31. The fraction of sp³-hybridized carbons (Fsp3) is 0.533. The Kier molecular flexibility index (Phi) is 6.30. The molecule has 1 amide bonds. The molecule has 0 radical (unpaired) electrons. The molecule has 0 spiro atoms. The van der Waals surface area contributed by atoms with Crippen LogP contribution in [0.15, 0.2) is 24.3 Å². The fourth-order valence-electron chi connectivity index (χ4n) is 2.27. The molecule has 1 aromatic carbocycles. The molecule has 0 bridgehead atoms. The van der Waals surface area contributed by atoms with E-state index < -0.39 is 5.60 Å². The van der Waals surface area contributed by atoms with Crippen molar-refractivity contribution in [2.24, 2.45) is 0 Å². The van der Waals surface area contributed by atoms with Crippen molar-refractivity contribution in [2.45, 2.75) is 19.4 Å². The number of carbonyl (C=O) groups is 1. The van der Waals surface area contributed by atoms with Crippen LogP contribution >= 0.6 is 12.4 Å². The highest BCUT2D eigenvalue weighted by Crippen LogP contribution is 2.30. The molecule has 5 nitrogen and oxygen atoms in total. The summed E-state index contributed by atoms with van der Waals surface area (Å²) in [5.41, 5.74) is -0.911. The van der Waals surface area contributed by atoms with Gasteiger partial charge in [-0.3, -0.25) is 4.79 Å². The molecule has 0 unspecified atom stereocenters. The van der Waals surface area contributed by atoms with E-state index in [1.807, 2.05) is 29.2 Å². The number of piperazine rings is 1. The number of hydrogen-bond acceptors (Lipinski definition) is 4. The molecule has 118 valence electrons. The topological polar surface area (TPSA) is 50.8 Å². The number of nitrogens with zero attached hydrogens (tertiary/aromatic N) is 1. The van der Waals surface area contributed by atoms with Crippen LogP contribution in [0, 0.1) is 0 Å². The second-order valence-corrected chi connectivity index (χ2v) is 5.31. The van der Waals surface area contributed by atoms with E-state index in [4.69, 9.17) is 9.47 Å². The van der Waals surface area contributed by atoms with Crippen molar-refractivity contribution in [3.05, 3.63) is 24.3 Å². The van der Waals surface area contributed by atoms with E-state index in [2.05, 4.69) is 5.32 Å². The van der Waals surface area contributed by atoms with E-state index in [0.29, 0.717) is 11.5 Å². The lowest BCUT2D eigenvalue weighted by molar-refractivity contribution is -0.146. The zero-order valence-corrected chi connectivity index (χ0v) is 13.5. The summed E-state index contributed by atoms with van der Waals surface area (Å²) in [5, 5.41) is 3.23. The molecular formula is C15H23ClN2O3. The monoisotopic (exact) mass is 314 g/mol. The summed E-state index contributed by atoms with van der Waals surface area (Å²) >= 11 is 0. The maximum atomic E-state index is 12.6. The van der Waals surface area contributed by atoms with Crippen LogP contribution < -0.4 is 14.8 Å². The minimum Gasteiger partial charge on any atom is -0.493 e. The highest BCUT2D eigenvalue weighted by molar-refractivity contribution is 5.85. The molecule has 21 heavy (non-hydrogen) atoms. The lowest BCUT2D eigenvalue weighted by Gasteiger charge is -2.35. The van der Waals surface area contributed by atoms with Crippen molar-refractivity contribution in [3.63, 3.8) is 0 Å². The summed E-state index contributed by atoms with van der Waals surface area (Å²) in [5.74, 6) is 1.22. The van der Waals surface area contributed by atoms with Gasteiger partial charge in [0.05, 0.1) is 7.11 Å².